The van der Waals surface area contributed by atoms with Crippen LogP contribution in [0.15, 0.2) is 42.5 Å². The summed E-state index contributed by atoms with van der Waals surface area (Å²) in [5.41, 5.74) is 4.19. The van der Waals surface area contributed by atoms with Crippen LogP contribution in [0.25, 0.3) is 0 Å². The molecule has 0 radical (unpaired) electrons. The molecule has 1 amide bonds. The molecule has 1 aromatic heterocycles. The number of hydrogen-bond donors (Lipinski definition) is 1. The Bertz CT molecular complexity index is 642. The van der Waals surface area contributed by atoms with Gasteiger partial charge in [0.2, 0.25) is 5.88 Å². The molecule has 0 saturated heterocycles. The first kappa shape index (κ1) is 13.9. The fraction of sp³-hybridized carbons (Fsp3) is 0.0769. The quantitative estimate of drug-likeness (QED) is 0.941. The van der Waals surface area contributed by atoms with Gasteiger partial charge in [-0.05, 0) is 24.3 Å². The van der Waals surface area contributed by atoms with E-state index in [1.54, 1.807) is 0 Å². The average molecular weight is 282 g/mol. The SMILES string of the molecule is NC(=O)c1cccc(Oc2cccc(C(F)(F)F)c2)n1. The first-order valence-electron chi connectivity index (χ1n) is 5.48. The summed E-state index contributed by atoms with van der Waals surface area (Å²) in [7, 11) is 0. The highest BCUT2D eigenvalue weighted by Crippen LogP contribution is 2.32. The van der Waals surface area contributed by atoms with E-state index < -0.39 is 17.6 Å². The molecule has 20 heavy (non-hydrogen) atoms. The number of halogens is 3. The predicted octanol–water partition coefficient (Wildman–Crippen LogP) is 2.99. The average Bonchev–Trinajstić information content (AvgIpc) is 2.38. The minimum absolute atomic E-state index is 0.0133. The van der Waals surface area contributed by atoms with E-state index in [1.807, 2.05) is 0 Å². The van der Waals surface area contributed by atoms with Crippen LogP contribution >= 0.6 is 0 Å². The van der Waals surface area contributed by atoms with Crippen molar-refractivity contribution < 1.29 is 22.7 Å². The molecule has 7 heteroatoms. The maximum atomic E-state index is 12.5. The van der Waals surface area contributed by atoms with E-state index in [0.717, 1.165) is 12.1 Å². The van der Waals surface area contributed by atoms with Crippen molar-refractivity contribution in [3.8, 4) is 11.6 Å². The molecular formula is C13H9F3N2O2. The molecule has 0 aliphatic heterocycles. The zero-order valence-corrected chi connectivity index (χ0v) is 10.0. The third-order valence-corrected chi connectivity index (χ3v) is 2.36. The lowest BCUT2D eigenvalue weighted by Gasteiger charge is -2.09. The number of carbonyl (C=O) groups excluding carboxylic acids is 1. The Morgan fingerprint density at radius 2 is 1.85 bits per heavy atom. The Kier molecular flexibility index (Phi) is 3.60. The number of nitrogens with two attached hydrogens (primary N) is 1. The summed E-state index contributed by atoms with van der Waals surface area (Å²) >= 11 is 0. The van der Waals surface area contributed by atoms with Crippen molar-refractivity contribution in [1.29, 1.82) is 0 Å². The van der Waals surface area contributed by atoms with Gasteiger partial charge < -0.3 is 10.5 Å². The molecule has 104 valence electrons. The van der Waals surface area contributed by atoms with Crippen molar-refractivity contribution in [2.45, 2.75) is 6.18 Å². The molecule has 0 fully saturated rings. The van der Waals surface area contributed by atoms with Crippen molar-refractivity contribution in [3.63, 3.8) is 0 Å². The second-order valence-electron chi connectivity index (χ2n) is 3.85. The Morgan fingerprint density at radius 3 is 2.50 bits per heavy atom. The minimum atomic E-state index is -4.46. The van der Waals surface area contributed by atoms with E-state index in [4.69, 9.17) is 10.5 Å². The maximum absolute atomic E-state index is 12.5. The number of ether oxygens (including phenoxy) is 1. The summed E-state index contributed by atoms with van der Waals surface area (Å²) in [6, 6.07) is 8.60. The van der Waals surface area contributed by atoms with Crippen LogP contribution in [0.1, 0.15) is 16.1 Å². The number of rotatable bonds is 3. The smallest absolute Gasteiger partial charge is 0.416 e. The molecule has 0 unspecified atom stereocenters. The number of aromatic nitrogens is 1. The van der Waals surface area contributed by atoms with Gasteiger partial charge in [-0.2, -0.15) is 13.2 Å². The van der Waals surface area contributed by atoms with E-state index in [0.29, 0.717) is 0 Å². The summed E-state index contributed by atoms with van der Waals surface area (Å²) in [6.45, 7) is 0. The predicted molar refractivity (Wildman–Crippen MR) is 64.3 cm³/mol. The largest absolute Gasteiger partial charge is 0.439 e. The van der Waals surface area contributed by atoms with Gasteiger partial charge in [0.25, 0.3) is 5.91 Å². The molecule has 0 aliphatic carbocycles. The Balaban J connectivity index is 2.26. The number of pyridine rings is 1. The fourth-order valence-electron chi connectivity index (χ4n) is 1.47. The zero-order chi connectivity index (χ0) is 14.8. The summed E-state index contributed by atoms with van der Waals surface area (Å²) in [4.78, 5) is 14.7. The van der Waals surface area contributed by atoms with E-state index in [-0.39, 0.29) is 17.3 Å². The zero-order valence-electron chi connectivity index (χ0n) is 10.0. The van der Waals surface area contributed by atoms with Crippen LogP contribution in [-0.2, 0) is 6.18 Å². The minimum Gasteiger partial charge on any atom is -0.439 e. The van der Waals surface area contributed by atoms with Gasteiger partial charge in [-0.15, -0.1) is 0 Å². The summed E-state index contributed by atoms with van der Waals surface area (Å²) in [6.07, 6.45) is -4.46. The van der Waals surface area contributed by atoms with Crippen molar-refractivity contribution in [2.24, 2.45) is 5.73 Å². The molecule has 0 spiro atoms. The highest BCUT2D eigenvalue weighted by Gasteiger charge is 2.30. The summed E-state index contributed by atoms with van der Waals surface area (Å²) in [5, 5.41) is 0. The van der Waals surface area contributed by atoms with Crippen LogP contribution < -0.4 is 10.5 Å². The first-order chi connectivity index (χ1) is 9.36. The molecule has 0 atom stereocenters. The number of carbonyl (C=O) groups is 1. The normalized spacial score (nSPS) is 11.2. The van der Waals surface area contributed by atoms with Gasteiger partial charge in [0, 0.05) is 6.07 Å². The molecule has 2 aromatic rings. The number of benzene rings is 1. The van der Waals surface area contributed by atoms with Gasteiger partial charge in [-0.25, -0.2) is 4.98 Å². The highest BCUT2D eigenvalue weighted by atomic mass is 19.4. The molecule has 1 aromatic carbocycles. The van der Waals surface area contributed by atoms with Gasteiger partial charge in [-0.1, -0.05) is 12.1 Å². The van der Waals surface area contributed by atoms with E-state index in [9.17, 15) is 18.0 Å². The van der Waals surface area contributed by atoms with Gasteiger partial charge in [0.1, 0.15) is 11.4 Å². The number of primary amides is 1. The van der Waals surface area contributed by atoms with Crippen molar-refractivity contribution in [2.75, 3.05) is 0 Å². The van der Waals surface area contributed by atoms with Crippen molar-refractivity contribution in [3.05, 3.63) is 53.7 Å². The lowest BCUT2D eigenvalue weighted by atomic mass is 10.2. The van der Waals surface area contributed by atoms with Gasteiger partial charge >= 0.3 is 6.18 Å². The third kappa shape index (κ3) is 3.25. The Morgan fingerprint density at radius 1 is 1.15 bits per heavy atom. The van der Waals surface area contributed by atoms with Crippen LogP contribution in [0.2, 0.25) is 0 Å². The lowest BCUT2D eigenvalue weighted by molar-refractivity contribution is -0.137. The molecule has 2 N–H and O–H groups in total. The monoisotopic (exact) mass is 282 g/mol. The van der Waals surface area contributed by atoms with E-state index >= 15 is 0 Å². The number of nitrogens with zero attached hydrogens (tertiary/aromatic N) is 1. The van der Waals surface area contributed by atoms with Crippen molar-refractivity contribution >= 4 is 5.91 Å². The van der Waals surface area contributed by atoms with Gasteiger partial charge in [0.15, 0.2) is 0 Å². The van der Waals surface area contributed by atoms with Crippen LogP contribution in [0, 0.1) is 0 Å². The second-order valence-corrected chi connectivity index (χ2v) is 3.85. The lowest BCUT2D eigenvalue weighted by Crippen LogP contribution is -2.12. The van der Waals surface area contributed by atoms with Crippen LogP contribution in [0.5, 0.6) is 11.6 Å². The number of alkyl halides is 3. The maximum Gasteiger partial charge on any atom is 0.416 e. The molecule has 2 rings (SSSR count). The van der Waals surface area contributed by atoms with Crippen LogP contribution in [0.4, 0.5) is 13.2 Å². The van der Waals surface area contributed by atoms with Crippen molar-refractivity contribution in [1.82, 2.24) is 4.98 Å². The van der Waals surface area contributed by atoms with E-state index in [2.05, 4.69) is 4.98 Å². The molecule has 1 heterocycles. The van der Waals surface area contributed by atoms with Crippen LogP contribution in [-0.4, -0.2) is 10.9 Å². The topological polar surface area (TPSA) is 65.2 Å². The Hall–Kier alpha value is -2.57. The Labute approximate surface area is 112 Å². The van der Waals surface area contributed by atoms with Gasteiger partial charge in [-0.3, -0.25) is 4.79 Å². The van der Waals surface area contributed by atoms with Crippen LogP contribution in [0.3, 0.4) is 0 Å². The summed E-state index contributed by atoms with van der Waals surface area (Å²) in [5.74, 6) is -0.797. The van der Waals surface area contributed by atoms with Gasteiger partial charge in [0.05, 0.1) is 5.56 Å². The molecule has 0 aliphatic rings. The first-order valence-corrected chi connectivity index (χ1v) is 5.48. The molecule has 0 saturated carbocycles. The fourth-order valence-corrected chi connectivity index (χ4v) is 1.47. The summed E-state index contributed by atoms with van der Waals surface area (Å²) < 4.78 is 42.8. The highest BCUT2D eigenvalue weighted by molar-refractivity contribution is 5.90. The number of hydrogen-bond acceptors (Lipinski definition) is 3. The third-order valence-electron chi connectivity index (χ3n) is 2.36. The van der Waals surface area contributed by atoms with E-state index in [1.165, 1.54) is 30.3 Å². The molecular weight excluding hydrogens is 273 g/mol. The molecule has 4 nitrogen and oxygen atoms in total. The second kappa shape index (κ2) is 5.20. The standard InChI is InChI=1S/C13H9F3N2O2/c14-13(15,16)8-3-1-4-9(7-8)20-11-6-2-5-10(18-11)12(17)19/h1-7H,(H2,17,19). The molecule has 0 bridgehead atoms. The number of amides is 1.